The van der Waals surface area contributed by atoms with Crippen molar-refractivity contribution in [3.05, 3.63) is 70.6 Å². The number of halogens is 9. The van der Waals surface area contributed by atoms with Crippen molar-refractivity contribution in [3.63, 3.8) is 0 Å². The Balaban J connectivity index is 1.65. The van der Waals surface area contributed by atoms with Gasteiger partial charge in [-0.1, -0.05) is 0 Å². The van der Waals surface area contributed by atoms with Crippen LogP contribution in [-0.2, 0) is 27.1 Å². The molecule has 206 valence electrons. The highest BCUT2D eigenvalue weighted by Gasteiger charge is 2.60. The van der Waals surface area contributed by atoms with Gasteiger partial charge in [0.25, 0.3) is 5.91 Å². The minimum absolute atomic E-state index is 0.0509. The Morgan fingerprint density at radius 1 is 1.11 bits per heavy atom. The molecule has 0 radical (unpaired) electrons. The number of hydrogen-bond acceptors (Lipinski definition) is 5. The van der Waals surface area contributed by atoms with Crippen molar-refractivity contribution < 1.29 is 54.3 Å². The highest BCUT2D eigenvalue weighted by Crippen LogP contribution is 2.49. The molecule has 2 aliphatic heterocycles. The van der Waals surface area contributed by atoms with Crippen LogP contribution in [-0.4, -0.2) is 45.8 Å². The number of pyridine rings is 1. The predicted octanol–water partition coefficient (Wildman–Crippen LogP) is 4.49. The van der Waals surface area contributed by atoms with Gasteiger partial charge in [0.2, 0.25) is 5.60 Å². The van der Waals surface area contributed by atoms with E-state index in [4.69, 9.17) is 0 Å². The molecule has 1 fully saturated rings. The lowest BCUT2D eigenvalue weighted by Crippen LogP contribution is -2.62. The highest BCUT2D eigenvalue weighted by atomic mass is 19.4. The van der Waals surface area contributed by atoms with E-state index in [1.165, 1.54) is 13.8 Å². The number of nitrogens with one attached hydrogen (secondary N) is 1. The summed E-state index contributed by atoms with van der Waals surface area (Å²) in [7, 11) is 0. The first kappa shape index (κ1) is 27.7. The van der Waals surface area contributed by atoms with Gasteiger partial charge in [-0.05, 0) is 44.2 Å². The molecule has 1 unspecified atom stereocenters. The summed E-state index contributed by atoms with van der Waals surface area (Å²) < 4.78 is 124. The number of aliphatic hydroxyl groups is 1. The maximum Gasteiger partial charge on any atom is 0.428 e. The summed E-state index contributed by atoms with van der Waals surface area (Å²) in [6, 6.07) is 2.02. The van der Waals surface area contributed by atoms with E-state index in [0.717, 1.165) is 23.2 Å². The van der Waals surface area contributed by atoms with Crippen molar-refractivity contribution in [1.82, 2.24) is 15.4 Å². The lowest BCUT2D eigenvalue weighted by Gasteiger charge is -2.45. The van der Waals surface area contributed by atoms with Gasteiger partial charge in [0, 0.05) is 17.3 Å². The van der Waals surface area contributed by atoms with Crippen LogP contribution in [0.2, 0.25) is 0 Å². The third-order valence-electron chi connectivity index (χ3n) is 6.08. The summed E-state index contributed by atoms with van der Waals surface area (Å²) in [4.78, 5) is 21.6. The molecule has 1 aromatic heterocycles. The SMILES string of the molecule is CC(C)(O)C(=O)N1CC(F)(c2ccc(C3=CC(c4cc(F)c(F)c(C(F)(F)F)c4)(C(F)(F)F)ON3)cn2)C1. The number of amides is 1. The number of nitrogens with zero attached hydrogens (tertiary/aromatic N) is 2. The number of hydrogen-bond donors (Lipinski definition) is 2. The molecule has 0 bridgehead atoms. The lowest BCUT2D eigenvalue weighted by molar-refractivity contribution is -0.269. The zero-order valence-electron chi connectivity index (χ0n) is 19.4. The normalized spacial score (nSPS) is 21.6. The van der Waals surface area contributed by atoms with Gasteiger partial charge in [-0.15, -0.1) is 0 Å². The summed E-state index contributed by atoms with van der Waals surface area (Å²) >= 11 is 0. The number of aromatic nitrogens is 1. The average Bonchev–Trinajstić information content (AvgIpc) is 3.24. The molecule has 0 aliphatic carbocycles. The molecule has 4 rings (SSSR count). The second-order valence-electron chi connectivity index (χ2n) is 9.43. The first-order valence-electron chi connectivity index (χ1n) is 10.8. The fourth-order valence-electron chi connectivity index (χ4n) is 4.06. The Hall–Kier alpha value is -3.33. The van der Waals surface area contributed by atoms with Crippen LogP contribution in [0.4, 0.5) is 39.5 Å². The minimum atomic E-state index is -5.50. The van der Waals surface area contributed by atoms with Crippen LogP contribution in [0.3, 0.4) is 0 Å². The molecule has 1 amide bonds. The van der Waals surface area contributed by atoms with Crippen molar-refractivity contribution in [2.75, 3.05) is 13.1 Å². The highest BCUT2D eigenvalue weighted by molar-refractivity contribution is 5.85. The fourth-order valence-corrected chi connectivity index (χ4v) is 4.06. The molecule has 6 nitrogen and oxygen atoms in total. The molecule has 0 spiro atoms. The van der Waals surface area contributed by atoms with Crippen LogP contribution < -0.4 is 5.48 Å². The van der Waals surface area contributed by atoms with Crippen LogP contribution in [0.5, 0.6) is 0 Å². The molecular weight excluding hydrogens is 537 g/mol. The molecule has 2 aliphatic rings. The number of benzene rings is 1. The number of carbonyl (C=O) groups is 1. The van der Waals surface area contributed by atoms with E-state index in [0.29, 0.717) is 6.08 Å². The number of likely N-dealkylation sites (tertiary alicyclic amines) is 1. The van der Waals surface area contributed by atoms with Gasteiger partial charge in [0.05, 0.1) is 30.0 Å². The molecule has 1 aromatic carbocycles. The Kier molecular flexibility index (Phi) is 6.26. The van der Waals surface area contributed by atoms with Crippen LogP contribution in [0.1, 0.15) is 36.2 Å². The second-order valence-corrected chi connectivity index (χ2v) is 9.43. The predicted molar refractivity (Wildman–Crippen MR) is 111 cm³/mol. The van der Waals surface area contributed by atoms with Gasteiger partial charge in [-0.2, -0.15) is 26.3 Å². The summed E-state index contributed by atoms with van der Waals surface area (Å²) in [5, 5.41) is 9.76. The Morgan fingerprint density at radius 2 is 1.74 bits per heavy atom. The van der Waals surface area contributed by atoms with Gasteiger partial charge >= 0.3 is 12.4 Å². The standard InChI is InChI=1S/C23H18F9N3O3/c1-19(2,37)18(36)35-9-20(26,10-35)16-4-3-11(8-33-16)15-7-21(38-34-15,23(30,31)32)12-5-13(22(27,28)29)17(25)14(24)6-12/h3-8,34,37H,9-10H2,1-2H3. The van der Waals surface area contributed by atoms with Gasteiger partial charge in [0.15, 0.2) is 17.3 Å². The zero-order chi connectivity index (χ0) is 28.5. The van der Waals surface area contributed by atoms with Crippen molar-refractivity contribution in [3.8, 4) is 0 Å². The number of carbonyl (C=O) groups excluding carboxylic acids is 1. The van der Waals surface area contributed by atoms with Crippen LogP contribution in [0.15, 0.2) is 36.5 Å². The first-order chi connectivity index (χ1) is 17.3. The summed E-state index contributed by atoms with van der Waals surface area (Å²) in [6.07, 6.45) is -9.65. The molecule has 1 saturated heterocycles. The van der Waals surface area contributed by atoms with E-state index < -0.39 is 76.7 Å². The van der Waals surface area contributed by atoms with Crippen molar-refractivity contribution >= 4 is 11.6 Å². The molecule has 38 heavy (non-hydrogen) atoms. The number of rotatable bonds is 4. The Morgan fingerprint density at radius 3 is 2.24 bits per heavy atom. The largest absolute Gasteiger partial charge is 0.428 e. The van der Waals surface area contributed by atoms with Gasteiger partial charge < -0.3 is 10.0 Å². The first-order valence-corrected chi connectivity index (χ1v) is 10.8. The third-order valence-corrected chi connectivity index (χ3v) is 6.08. The van der Waals surface area contributed by atoms with Gasteiger partial charge in [-0.3, -0.25) is 20.1 Å². The monoisotopic (exact) mass is 555 g/mol. The maximum absolute atomic E-state index is 15.2. The fraction of sp³-hybridized carbons (Fsp3) is 0.391. The van der Waals surface area contributed by atoms with Crippen molar-refractivity contribution in [2.24, 2.45) is 0 Å². The van der Waals surface area contributed by atoms with Crippen LogP contribution in [0.25, 0.3) is 5.70 Å². The molecule has 15 heteroatoms. The van der Waals surface area contributed by atoms with Gasteiger partial charge in [-0.25, -0.2) is 13.2 Å². The Bertz CT molecular complexity index is 1290. The molecular formula is C23H18F9N3O3. The van der Waals surface area contributed by atoms with Crippen LogP contribution in [0, 0.1) is 11.6 Å². The Labute approximate surface area is 208 Å². The van der Waals surface area contributed by atoms with Crippen molar-refractivity contribution in [1.29, 1.82) is 0 Å². The number of alkyl halides is 7. The molecule has 2 aromatic rings. The van der Waals surface area contributed by atoms with Gasteiger partial charge in [0.1, 0.15) is 5.60 Å². The van der Waals surface area contributed by atoms with Crippen molar-refractivity contribution in [2.45, 2.75) is 43.1 Å². The van der Waals surface area contributed by atoms with E-state index >= 15 is 4.39 Å². The van der Waals surface area contributed by atoms with E-state index in [9.17, 15) is 45.0 Å². The summed E-state index contributed by atoms with van der Waals surface area (Å²) in [5.74, 6) is -5.25. The minimum Gasteiger partial charge on any atom is -0.381 e. The van der Waals surface area contributed by atoms with E-state index in [-0.39, 0.29) is 23.4 Å². The van der Waals surface area contributed by atoms with E-state index in [2.05, 4.69) is 9.82 Å². The maximum atomic E-state index is 15.2. The van der Waals surface area contributed by atoms with E-state index in [1.54, 1.807) is 0 Å². The summed E-state index contributed by atoms with van der Waals surface area (Å²) in [5.41, 5.74) is -9.89. The smallest absolute Gasteiger partial charge is 0.381 e. The topological polar surface area (TPSA) is 74.7 Å². The van der Waals surface area contributed by atoms with Crippen LogP contribution >= 0.6 is 0 Å². The zero-order valence-corrected chi connectivity index (χ0v) is 19.4. The molecule has 0 saturated carbocycles. The average molecular weight is 555 g/mol. The molecule has 2 N–H and O–H groups in total. The second kappa shape index (κ2) is 8.59. The molecule has 3 heterocycles. The number of hydroxylamine groups is 1. The quantitative estimate of drug-likeness (QED) is 0.545. The van der Waals surface area contributed by atoms with E-state index in [1.807, 2.05) is 5.48 Å². The summed E-state index contributed by atoms with van der Waals surface area (Å²) in [6.45, 7) is 1.61. The lowest BCUT2D eigenvalue weighted by atomic mass is 9.89. The third kappa shape index (κ3) is 4.57. The molecule has 1 atom stereocenters.